The van der Waals surface area contributed by atoms with Crippen LogP contribution in [0.25, 0.3) is 5.69 Å². The molecule has 0 bridgehead atoms. The van der Waals surface area contributed by atoms with E-state index < -0.39 is 5.97 Å². The van der Waals surface area contributed by atoms with Crippen LogP contribution in [0.1, 0.15) is 17.4 Å². The molecule has 1 aromatic heterocycles. The average Bonchev–Trinajstić information content (AvgIpc) is 2.81. The largest absolute Gasteiger partial charge is 0.461 e. The second-order valence-electron chi connectivity index (χ2n) is 3.66. The monoisotopic (exact) mass is 278 g/mol. The molecule has 0 saturated heterocycles. The third kappa shape index (κ3) is 2.70. The lowest BCUT2D eigenvalue weighted by Gasteiger charge is -2.05. The van der Waals surface area contributed by atoms with Crippen molar-refractivity contribution < 1.29 is 9.53 Å². The maximum Gasteiger partial charge on any atom is 0.362 e. The van der Waals surface area contributed by atoms with Gasteiger partial charge in [-0.25, -0.2) is 4.79 Å². The minimum atomic E-state index is -0.563. The van der Waals surface area contributed by atoms with Crippen LogP contribution in [0.15, 0.2) is 29.2 Å². The van der Waals surface area contributed by atoms with E-state index in [4.69, 9.17) is 10.5 Å². The van der Waals surface area contributed by atoms with E-state index in [1.807, 2.05) is 30.5 Å². The molecule has 0 aliphatic heterocycles. The fourth-order valence-electron chi connectivity index (χ4n) is 1.57. The molecule has 0 fully saturated rings. The fraction of sp³-hybridized carbons (Fsp3) is 0.250. The lowest BCUT2D eigenvalue weighted by molar-refractivity contribution is 0.0520. The number of carbonyl (C=O) groups is 1. The zero-order valence-electron chi connectivity index (χ0n) is 10.7. The summed E-state index contributed by atoms with van der Waals surface area (Å²) in [6.07, 6.45) is 1.98. The summed E-state index contributed by atoms with van der Waals surface area (Å²) in [6, 6.07) is 7.64. The van der Waals surface area contributed by atoms with E-state index >= 15 is 0 Å². The van der Waals surface area contributed by atoms with Gasteiger partial charge in [-0.2, -0.15) is 4.68 Å². The standard InChI is InChI=1S/C12H14N4O2S/c1-3-18-12(17)10-11(13)16(15-14-10)8-5-4-6-9(7-8)19-2/h4-7H,3,13H2,1-2H3. The van der Waals surface area contributed by atoms with E-state index in [1.54, 1.807) is 18.7 Å². The molecular weight excluding hydrogens is 264 g/mol. The number of esters is 1. The molecule has 0 aliphatic rings. The van der Waals surface area contributed by atoms with Crippen LogP contribution in [0.3, 0.4) is 0 Å². The van der Waals surface area contributed by atoms with Gasteiger partial charge in [0.1, 0.15) is 0 Å². The number of carbonyl (C=O) groups excluding carboxylic acids is 1. The summed E-state index contributed by atoms with van der Waals surface area (Å²) < 4.78 is 6.29. The Morgan fingerprint density at radius 3 is 3.00 bits per heavy atom. The molecule has 2 N–H and O–H groups in total. The molecule has 1 aromatic carbocycles. The van der Waals surface area contributed by atoms with Crippen molar-refractivity contribution in [3.63, 3.8) is 0 Å². The molecule has 7 heteroatoms. The van der Waals surface area contributed by atoms with Gasteiger partial charge in [0.15, 0.2) is 5.82 Å². The Kier molecular flexibility index (Phi) is 4.06. The molecule has 0 spiro atoms. The van der Waals surface area contributed by atoms with Gasteiger partial charge in [0, 0.05) is 4.90 Å². The van der Waals surface area contributed by atoms with Crippen molar-refractivity contribution in [3.05, 3.63) is 30.0 Å². The Hall–Kier alpha value is -2.02. The molecule has 100 valence electrons. The highest BCUT2D eigenvalue weighted by molar-refractivity contribution is 7.98. The van der Waals surface area contributed by atoms with Crippen LogP contribution in [0, 0.1) is 0 Å². The number of benzene rings is 1. The second-order valence-corrected chi connectivity index (χ2v) is 4.54. The van der Waals surface area contributed by atoms with Crippen molar-refractivity contribution in [1.29, 1.82) is 0 Å². The minimum absolute atomic E-state index is 0.0383. The molecular formula is C12H14N4O2S. The molecule has 0 aliphatic carbocycles. The van der Waals surface area contributed by atoms with Crippen molar-refractivity contribution in [3.8, 4) is 5.69 Å². The Labute approximate surface area is 114 Å². The van der Waals surface area contributed by atoms with Crippen molar-refractivity contribution in [2.24, 2.45) is 0 Å². The topological polar surface area (TPSA) is 83.0 Å². The number of anilines is 1. The number of nitrogens with zero attached hydrogens (tertiary/aromatic N) is 3. The summed E-state index contributed by atoms with van der Waals surface area (Å²) in [7, 11) is 0. The molecule has 2 rings (SSSR count). The molecule has 6 nitrogen and oxygen atoms in total. The number of nitrogens with two attached hydrogens (primary N) is 1. The summed E-state index contributed by atoms with van der Waals surface area (Å²) in [5, 5.41) is 7.67. The predicted molar refractivity (Wildman–Crippen MR) is 73.5 cm³/mol. The molecule has 0 amide bonds. The van der Waals surface area contributed by atoms with Gasteiger partial charge in [-0.05, 0) is 31.4 Å². The van der Waals surface area contributed by atoms with Gasteiger partial charge < -0.3 is 10.5 Å². The van der Waals surface area contributed by atoms with E-state index in [1.165, 1.54) is 4.68 Å². The zero-order chi connectivity index (χ0) is 13.8. The first-order valence-electron chi connectivity index (χ1n) is 5.70. The van der Waals surface area contributed by atoms with E-state index in [9.17, 15) is 4.79 Å². The summed E-state index contributed by atoms with van der Waals surface area (Å²) in [4.78, 5) is 12.7. The Morgan fingerprint density at radius 1 is 1.53 bits per heavy atom. The highest BCUT2D eigenvalue weighted by Gasteiger charge is 2.19. The predicted octanol–water partition coefficient (Wildman–Crippen LogP) is 1.75. The lowest BCUT2D eigenvalue weighted by atomic mass is 10.3. The lowest BCUT2D eigenvalue weighted by Crippen LogP contribution is -2.09. The molecule has 0 atom stereocenters. The van der Waals surface area contributed by atoms with E-state index in [0.29, 0.717) is 0 Å². The maximum absolute atomic E-state index is 11.6. The van der Waals surface area contributed by atoms with Crippen LogP contribution in [0.2, 0.25) is 0 Å². The van der Waals surface area contributed by atoms with Crippen molar-refractivity contribution in [2.75, 3.05) is 18.6 Å². The zero-order valence-corrected chi connectivity index (χ0v) is 11.5. The van der Waals surface area contributed by atoms with Gasteiger partial charge in [-0.15, -0.1) is 16.9 Å². The van der Waals surface area contributed by atoms with E-state index in [-0.39, 0.29) is 18.1 Å². The van der Waals surface area contributed by atoms with Crippen LogP contribution in [0.4, 0.5) is 5.82 Å². The van der Waals surface area contributed by atoms with Crippen LogP contribution < -0.4 is 5.73 Å². The van der Waals surface area contributed by atoms with Crippen LogP contribution >= 0.6 is 11.8 Å². The first kappa shape index (κ1) is 13.4. The Balaban J connectivity index is 2.38. The van der Waals surface area contributed by atoms with Gasteiger partial charge >= 0.3 is 5.97 Å². The Bertz CT molecular complexity index is 597. The number of hydrogen-bond acceptors (Lipinski definition) is 6. The van der Waals surface area contributed by atoms with Gasteiger partial charge in [0.05, 0.1) is 12.3 Å². The highest BCUT2D eigenvalue weighted by Crippen LogP contribution is 2.21. The van der Waals surface area contributed by atoms with Crippen molar-refractivity contribution in [2.45, 2.75) is 11.8 Å². The first-order chi connectivity index (χ1) is 9.17. The Morgan fingerprint density at radius 2 is 2.32 bits per heavy atom. The number of ether oxygens (including phenoxy) is 1. The first-order valence-corrected chi connectivity index (χ1v) is 6.92. The molecule has 2 aromatic rings. The highest BCUT2D eigenvalue weighted by atomic mass is 32.2. The van der Waals surface area contributed by atoms with Crippen molar-refractivity contribution >= 4 is 23.5 Å². The molecule has 0 saturated carbocycles. The molecule has 0 unspecified atom stereocenters. The average molecular weight is 278 g/mol. The summed E-state index contributed by atoms with van der Waals surface area (Å²) in [5.41, 5.74) is 6.68. The van der Waals surface area contributed by atoms with Gasteiger partial charge in [0.25, 0.3) is 0 Å². The summed E-state index contributed by atoms with van der Waals surface area (Å²) >= 11 is 1.61. The third-order valence-corrected chi connectivity index (χ3v) is 3.20. The third-order valence-electron chi connectivity index (χ3n) is 2.47. The number of rotatable bonds is 4. The van der Waals surface area contributed by atoms with Crippen molar-refractivity contribution in [1.82, 2.24) is 15.0 Å². The number of hydrogen-bond donors (Lipinski definition) is 1. The SMILES string of the molecule is CCOC(=O)c1nnn(-c2cccc(SC)c2)c1N. The number of nitrogen functional groups attached to an aromatic ring is 1. The number of aromatic nitrogens is 3. The number of thioether (sulfide) groups is 1. The normalized spacial score (nSPS) is 10.4. The summed E-state index contributed by atoms with van der Waals surface area (Å²) in [6.45, 7) is 1.99. The van der Waals surface area contributed by atoms with Crippen LogP contribution in [-0.4, -0.2) is 33.8 Å². The van der Waals surface area contributed by atoms with Gasteiger partial charge in [0.2, 0.25) is 5.69 Å². The van der Waals surface area contributed by atoms with Gasteiger partial charge in [-0.3, -0.25) is 0 Å². The van der Waals surface area contributed by atoms with E-state index in [0.717, 1.165) is 10.6 Å². The van der Waals surface area contributed by atoms with Gasteiger partial charge in [-0.1, -0.05) is 11.3 Å². The minimum Gasteiger partial charge on any atom is -0.461 e. The smallest absolute Gasteiger partial charge is 0.362 e. The molecule has 1 heterocycles. The second kappa shape index (κ2) is 5.75. The maximum atomic E-state index is 11.6. The van der Waals surface area contributed by atoms with E-state index in [2.05, 4.69) is 10.3 Å². The summed E-state index contributed by atoms with van der Waals surface area (Å²) in [5.74, 6) is -0.385. The fourth-order valence-corrected chi connectivity index (χ4v) is 2.02. The molecule has 0 radical (unpaired) electrons. The quantitative estimate of drug-likeness (QED) is 0.677. The molecule has 19 heavy (non-hydrogen) atoms. The van der Waals surface area contributed by atoms with Crippen LogP contribution in [-0.2, 0) is 4.74 Å². The van der Waals surface area contributed by atoms with Crippen LogP contribution in [0.5, 0.6) is 0 Å².